The maximum absolute atomic E-state index is 12.0. The molecule has 0 atom stereocenters. The van der Waals surface area contributed by atoms with Gasteiger partial charge in [-0.2, -0.15) is 0 Å². The smallest absolute Gasteiger partial charge is 0.305 e. The Morgan fingerprint density at radius 1 is 0.291 bits per heavy atom. The summed E-state index contributed by atoms with van der Waals surface area (Å²) in [6, 6.07) is 0. The lowest BCUT2D eigenvalue weighted by Crippen LogP contribution is -2.05. The van der Waals surface area contributed by atoms with Gasteiger partial charge in [0.15, 0.2) is 0 Å². The Balaban J connectivity index is 0. The molecule has 0 aromatic carbocycles. The molecule has 0 unspecified atom stereocenters. The Morgan fingerprint density at radius 3 is 0.691 bits per heavy atom. The molecule has 0 amide bonds. The van der Waals surface area contributed by atoms with E-state index in [1.54, 1.807) is 0 Å². The van der Waals surface area contributed by atoms with Gasteiger partial charge in [-0.25, -0.2) is 0 Å². The van der Waals surface area contributed by atoms with E-state index in [1.165, 1.54) is 257 Å². The van der Waals surface area contributed by atoms with Crippen molar-refractivity contribution in [3.8, 4) is 0 Å². The summed E-state index contributed by atoms with van der Waals surface area (Å²) in [4.78, 5) is 12.0. The van der Waals surface area contributed by atoms with Crippen LogP contribution in [-0.4, -0.2) is 36.0 Å². The minimum absolute atomic E-state index is 0.0173. The first kappa shape index (κ1) is 56.5. The summed E-state index contributed by atoms with van der Waals surface area (Å²) in [6.45, 7) is 5.76. The highest BCUT2D eigenvalue weighted by atomic mass is 16.5. The van der Waals surface area contributed by atoms with E-state index in [4.69, 9.17) is 14.9 Å². The second-order valence-corrected chi connectivity index (χ2v) is 17.3. The molecule has 332 valence electrons. The third-order valence-electron chi connectivity index (χ3n) is 11.6. The van der Waals surface area contributed by atoms with Crippen LogP contribution in [0, 0.1) is 0 Å². The Bertz CT molecular complexity index is 651. The Labute approximate surface area is 347 Å². The largest absolute Gasteiger partial charge is 0.466 e. The summed E-state index contributed by atoms with van der Waals surface area (Å²) in [6.07, 6.45) is 59.3. The fourth-order valence-electron chi connectivity index (χ4n) is 7.75. The molecule has 0 spiro atoms. The van der Waals surface area contributed by atoms with E-state index in [2.05, 4.69) is 13.8 Å². The van der Waals surface area contributed by atoms with Crippen LogP contribution in [-0.2, 0) is 9.53 Å². The Morgan fingerprint density at radius 2 is 0.491 bits per heavy atom. The zero-order chi connectivity index (χ0) is 40.2. The highest BCUT2D eigenvalue weighted by Crippen LogP contribution is 2.17. The molecule has 0 saturated heterocycles. The van der Waals surface area contributed by atoms with Crippen LogP contribution in [0.15, 0.2) is 0 Å². The zero-order valence-corrected chi connectivity index (χ0v) is 38.2. The van der Waals surface area contributed by atoms with Crippen LogP contribution in [0.1, 0.15) is 303 Å². The second kappa shape index (κ2) is 55.5. The third kappa shape index (κ3) is 57.8. The van der Waals surface area contributed by atoms with Crippen LogP contribution in [0.2, 0.25) is 0 Å². The number of carbonyl (C=O) groups is 1. The van der Waals surface area contributed by atoms with Crippen molar-refractivity contribution in [3.05, 3.63) is 0 Å². The molecule has 0 saturated carbocycles. The van der Waals surface area contributed by atoms with Crippen molar-refractivity contribution in [2.24, 2.45) is 0 Å². The van der Waals surface area contributed by atoms with Crippen molar-refractivity contribution in [3.63, 3.8) is 0 Å². The summed E-state index contributed by atoms with van der Waals surface area (Å²) in [7, 11) is 0. The lowest BCUT2D eigenvalue weighted by molar-refractivity contribution is -0.143. The second-order valence-electron chi connectivity index (χ2n) is 17.3. The Hall–Kier alpha value is -0.610. The van der Waals surface area contributed by atoms with E-state index >= 15 is 0 Å². The number of ether oxygens (including phenoxy) is 1. The van der Waals surface area contributed by atoms with Crippen molar-refractivity contribution in [1.82, 2.24) is 0 Å². The minimum Gasteiger partial charge on any atom is -0.466 e. The number of hydrogen-bond acceptors (Lipinski definition) is 4. The molecule has 0 heterocycles. The molecule has 4 nitrogen and oxygen atoms in total. The van der Waals surface area contributed by atoms with Crippen LogP contribution in [0.4, 0.5) is 0 Å². The standard InChI is InChI=1S/C46H92O4.C5H12/c47-43-39-35-31-27-23-19-15-11-9-7-5-3-1-2-4-6-8-10-12-17-21-25-29-33-37-41-45-50-46(49)42-38-34-30-26-22-18-14-13-16-20-24-28-32-36-40-44-48;1-3-5-4-2/h47-48H,1-45H2;3-5H2,1-2H3. The van der Waals surface area contributed by atoms with Crippen molar-refractivity contribution >= 4 is 5.97 Å². The molecule has 2 N–H and O–H groups in total. The monoisotopic (exact) mass is 781 g/mol. The number of unbranched alkanes of at least 4 members (excludes halogenated alkanes) is 41. The van der Waals surface area contributed by atoms with Gasteiger partial charge in [0.05, 0.1) is 6.61 Å². The van der Waals surface area contributed by atoms with Gasteiger partial charge in [-0.1, -0.05) is 271 Å². The normalized spacial score (nSPS) is 11.2. The summed E-state index contributed by atoms with van der Waals surface area (Å²) < 4.78 is 5.47. The van der Waals surface area contributed by atoms with Crippen molar-refractivity contribution in [1.29, 1.82) is 0 Å². The SMILES string of the molecule is CCCCC.O=C(CCCCCCCCCCCCCCCCCO)OCCCCCCCCCCCCCCCCCCCCCCCCCCCCO. The molecular weight excluding hydrogens is 677 g/mol. The van der Waals surface area contributed by atoms with Gasteiger partial charge in [-0.3, -0.25) is 4.79 Å². The number of carbonyl (C=O) groups excluding carboxylic acids is 1. The fourth-order valence-corrected chi connectivity index (χ4v) is 7.75. The molecule has 0 aliphatic heterocycles. The molecule has 0 aromatic rings. The van der Waals surface area contributed by atoms with Gasteiger partial charge in [0.1, 0.15) is 0 Å². The zero-order valence-electron chi connectivity index (χ0n) is 38.2. The van der Waals surface area contributed by atoms with Crippen molar-refractivity contribution < 1.29 is 19.7 Å². The maximum atomic E-state index is 12.0. The van der Waals surface area contributed by atoms with Gasteiger partial charge >= 0.3 is 5.97 Å². The van der Waals surface area contributed by atoms with Crippen LogP contribution in [0.5, 0.6) is 0 Å². The Kier molecular flexibility index (Phi) is 57.0. The number of aliphatic hydroxyl groups excluding tert-OH is 2. The number of rotatable bonds is 47. The van der Waals surface area contributed by atoms with Crippen LogP contribution >= 0.6 is 0 Å². The quantitative estimate of drug-likeness (QED) is 0.0477. The molecule has 0 rings (SSSR count). The molecule has 0 radical (unpaired) electrons. The lowest BCUT2D eigenvalue weighted by Gasteiger charge is -2.06. The van der Waals surface area contributed by atoms with Gasteiger partial charge in [0.2, 0.25) is 0 Å². The van der Waals surface area contributed by atoms with E-state index in [1.807, 2.05) is 0 Å². The number of hydrogen-bond donors (Lipinski definition) is 2. The molecule has 0 fully saturated rings. The average molecular weight is 781 g/mol. The van der Waals surface area contributed by atoms with Crippen molar-refractivity contribution in [2.45, 2.75) is 303 Å². The van der Waals surface area contributed by atoms with Crippen LogP contribution < -0.4 is 0 Å². The molecule has 55 heavy (non-hydrogen) atoms. The summed E-state index contributed by atoms with van der Waals surface area (Å²) >= 11 is 0. The van der Waals surface area contributed by atoms with Crippen molar-refractivity contribution in [2.75, 3.05) is 19.8 Å². The maximum Gasteiger partial charge on any atom is 0.305 e. The first-order valence-electron chi connectivity index (χ1n) is 25.6. The predicted octanol–water partition coefficient (Wildman–Crippen LogP) is 17.1. The highest BCUT2D eigenvalue weighted by molar-refractivity contribution is 5.69. The molecule has 0 bridgehead atoms. The molecule has 4 heteroatoms. The van der Waals surface area contributed by atoms with Gasteiger partial charge in [-0.05, 0) is 25.7 Å². The highest BCUT2D eigenvalue weighted by Gasteiger charge is 2.03. The van der Waals surface area contributed by atoms with Crippen LogP contribution in [0.3, 0.4) is 0 Å². The summed E-state index contributed by atoms with van der Waals surface area (Å²) in [5.74, 6) is 0.0173. The predicted molar refractivity (Wildman–Crippen MR) is 244 cm³/mol. The summed E-state index contributed by atoms with van der Waals surface area (Å²) in [5.41, 5.74) is 0. The van der Waals surface area contributed by atoms with E-state index < -0.39 is 0 Å². The van der Waals surface area contributed by atoms with Gasteiger partial charge in [-0.15, -0.1) is 0 Å². The van der Waals surface area contributed by atoms with E-state index in [-0.39, 0.29) is 5.97 Å². The number of esters is 1. The fraction of sp³-hybridized carbons (Fsp3) is 0.980. The van der Waals surface area contributed by atoms with E-state index in [0.29, 0.717) is 26.2 Å². The molecule has 0 aliphatic carbocycles. The molecule has 0 aromatic heterocycles. The molecule has 0 aliphatic rings. The summed E-state index contributed by atoms with van der Waals surface area (Å²) in [5, 5.41) is 17.6. The van der Waals surface area contributed by atoms with Gasteiger partial charge in [0, 0.05) is 19.6 Å². The van der Waals surface area contributed by atoms with Crippen LogP contribution in [0.25, 0.3) is 0 Å². The molecular formula is C51H104O4. The minimum atomic E-state index is 0.0173. The van der Waals surface area contributed by atoms with E-state index in [0.717, 1.165) is 25.7 Å². The van der Waals surface area contributed by atoms with Gasteiger partial charge in [0.25, 0.3) is 0 Å². The number of aliphatic hydroxyl groups is 2. The van der Waals surface area contributed by atoms with Gasteiger partial charge < -0.3 is 14.9 Å². The lowest BCUT2D eigenvalue weighted by atomic mass is 10.0. The topological polar surface area (TPSA) is 66.8 Å². The average Bonchev–Trinajstić information content (AvgIpc) is 3.19. The third-order valence-corrected chi connectivity index (χ3v) is 11.6. The first-order valence-corrected chi connectivity index (χ1v) is 25.6. The van der Waals surface area contributed by atoms with E-state index in [9.17, 15) is 4.79 Å². The first-order chi connectivity index (χ1) is 27.2.